The number of carbonyl (C=O) groups excluding carboxylic acids is 1. The van der Waals surface area contributed by atoms with Crippen molar-refractivity contribution in [2.24, 2.45) is 0 Å². The van der Waals surface area contributed by atoms with Crippen LogP contribution in [0.5, 0.6) is 0 Å². The number of nitrogen functional groups attached to an aromatic ring is 1. The average molecular weight is 1900 g/mol. The van der Waals surface area contributed by atoms with Crippen molar-refractivity contribution in [2.45, 2.75) is 0 Å². The summed E-state index contributed by atoms with van der Waals surface area (Å²) in [7, 11) is 1.00. The first-order chi connectivity index (χ1) is 51.1. The van der Waals surface area contributed by atoms with Crippen molar-refractivity contribution in [3.8, 4) is 45.0 Å². The normalized spacial score (nSPS) is 9.67. The zero-order valence-electron chi connectivity index (χ0n) is 59.2. The zero-order valence-corrected chi connectivity index (χ0v) is 73.1. The number of nitrogens with zero attached hydrogens (tertiary/aromatic N) is 10. The minimum atomic E-state index is -0.181. The molecule has 22 heteroatoms. The topological polar surface area (TPSA) is 196 Å². The third-order valence-electron chi connectivity index (χ3n) is 14.4. The Hall–Kier alpha value is -7.72. The van der Waals surface area contributed by atoms with Gasteiger partial charge in [0.05, 0.1) is 11.4 Å². The summed E-state index contributed by atoms with van der Waals surface area (Å²) in [5.74, 6) is 4.85. The Morgan fingerprint density at radius 3 is 0.832 bits per heavy atom. The Balaban J connectivity index is 0.000000254. The summed E-state index contributed by atoms with van der Waals surface area (Å²) >= 11 is 13.3. The number of hydrogen-bond acceptors (Lipinski definition) is 15. The Morgan fingerprint density at radius 1 is 0.336 bits per heavy atom. The maximum Gasteiger partial charge on any atom is 2.00 e. The molecule has 0 atom stereocenters. The third-order valence-corrected chi connectivity index (χ3v) is 16.2. The van der Waals surface area contributed by atoms with Gasteiger partial charge in [0.15, 0.2) is 0 Å². The molecule has 3 N–H and O–H groups in total. The third kappa shape index (κ3) is 28.3. The van der Waals surface area contributed by atoms with Crippen LogP contribution in [0.25, 0.3) is 45.0 Å². The molecule has 0 spiro atoms. The molecule has 7 heterocycles. The fourth-order valence-corrected chi connectivity index (χ4v) is 11.5. The summed E-state index contributed by atoms with van der Waals surface area (Å²) in [6.45, 7) is -0.181. The van der Waals surface area contributed by atoms with Gasteiger partial charge in [-0.05, 0) is 196 Å². The van der Waals surface area contributed by atoms with Crippen molar-refractivity contribution in [3.05, 3.63) is 388 Å². The molecule has 0 unspecified atom stereocenters. The molecular formula is C85H67Br4K2N11O4Pt. The summed E-state index contributed by atoms with van der Waals surface area (Å²) in [4.78, 5) is 50.4. The largest absolute Gasteiger partial charge is 2.00 e. The van der Waals surface area contributed by atoms with E-state index in [0.717, 1.165) is 128 Å². The van der Waals surface area contributed by atoms with E-state index in [1.807, 2.05) is 314 Å². The van der Waals surface area contributed by atoms with E-state index in [4.69, 9.17) is 40.8 Å². The van der Waals surface area contributed by atoms with E-state index >= 15 is 0 Å². The minimum Gasteiger partial charge on any atom is -1.00 e. The van der Waals surface area contributed by atoms with Crippen molar-refractivity contribution in [3.63, 3.8) is 0 Å². The molecule has 15 aromatic rings. The molecular weight excluding hydrogens is 1830 g/mol. The van der Waals surface area contributed by atoms with E-state index in [9.17, 15) is 0 Å². The van der Waals surface area contributed by atoms with E-state index in [0.29, 0.717) is 0 Å². The molecule has 0 aliphatic carbocycles. The van der Waals surface area contributed by atoms with Gasteiger partial charge in [0, 0.05) is 41.0 Å². The maximum absolute atomic E-state index is 8.64. The summed E-state index contributed by atoms with van der Waals surface area (Å²) in [5, 5.41) is 15.4. The number of hydrogen-bond donors (Lipinski definition) is 2. The number of pyridine rings is 7. The Morgan fingerprint density at radius 2 is 0.579 bits per heavy atom. The molecule has 0 aliphatic rings. The number of benzene rings is 8. The summed E-state index contributed by atoms with van der Waals surface area (Å²) in [5.41, 5.74) is 16.9. The monoisotopic (exact) mass is 1890 g/mol. The number of para-hydroxylation sites is 4. The van der Waals surface area contributed by atoms with Crippen LogP contribution >= 0.6 is 63.7 Å². The SMILES string of the molecule is Brc1cccc(Br)n1.Brc1cccc(N(c2ccccc2)c2cccc(Br)n2)n1.CO.Nc1ccccc1.O=CO[O-].[H-].[K+].[K+].[Pt+2].[c-]1ccccc1-c1cccc(N(c2ccccc2)c2cccc(-c3[c-]cccc3)n2)n1.c1ccc(-c2cccc(N(c3ccccc3)c3cccc(-c4ccccc4)n3)n2)cc1. The summed E-state index contributed by atoms with van der Waals surface area (Å²) < 4.78 is 3.28. The summed E-state index contributed by atoms with van der Waals surface area (Å²) in [6.07, 6.45) is 0. The van der Waals surface area contributed by atoms with Crippen LogP contribution < -0.4 is 128 Å². The first-order valence-electron chi connectivity index (χ1n) is 32.1. The summed E-state index contributed by atoms with van der Waals surface area (Å²) in [6, 6.07) is 124. The molecule has 15 rings (SSSR count). The van der Waals surface area contributed by atoms with Crippen molar-refractivity contribution in [1.82, 2.24) is 34.9 Å². The number of aliphatic hydroxyl groups excluding tert-OH is 1. The number of nitrogens with two attached hydrogens (primary N) is 1. The molecule has 0 bridgehead atoms. The van der Waals surface area contributed by atoms with Gasteiger partial charge >= 0.3 is 124 Å². The molecule has 0 radical (unpaired) electrons. The van der Waals surface area contributed by atoms with Crippen LogP contribution in [0.1, 0.15) is 1.43 Å². The van der Waals surface area contributed by atoms with E-state index in [1.54, 1.807) is 0 Å². The zero-order chi connectivity index (χ0) is 72.9. The molecule has 0 saturated heterocycles. The van der Waals surface area contributed by atoms with Gasteiger partial charge in [-0.15, -0.1) is 71.8 Å². The second kappa shape index (κ2) is 49.4. The molecule has 0 saturated carbocycles. The number of aromatic nitrogens is 7. The van der Waals surface area contributed by atoms with Crippen LogP contribution in [0.3, 0.4) is 0 Å². The van der Waals surface area contributed by atoms with Gasteiger partial charge < -0.3 is 22.4 Å². The average Bonchev–Trinajstić information content (AvgIpc) is 0.807. The number of carbonyl (C=O) groups is 1. The number of aliphatic hydroxyl groups is 1. The second-order valence-electron chi connectivity index (χ2n) is 21.3. The number of anilines is 10. The van der Waals surface area contributed by atoms with Gasteiger partial charge in [-0.2, -0.15) is 0 Å². The van der Waals surface area contributed by atoms with Crippen LogP contribution in [0.4, 0.5) is 57.7 Å². The maximum atomic E-state index is 8.64. The fourth-order valence-electron chi connectivity index (χ4n) is 9.89. The molecule has 7 aromatic heterocycles. The van der Waals surface area contributed by atoms with Crippen molar-refractivity contribution < 1.29 is 145 Å². The van der Waals surface area contributed by atoms with Gasteiger partial charge in [0.1, 0.15) is 53.3 Å². The molecule has 8 aromatic carbocycles. The van der Waals surface area contributed by atoms with Gasteiger partial charge in [0.25, 0.3) is 6.47 Å². The van der Waals surface area contributed by atoms with E-state index < -0.39 is 0 Å². The van der Waals surface area contributed by atoms with Crippen molar-refractivity contribution >= 4 is 128 Å². The van der Waals surface area contributed by atoms with Gasteiger partial charge in [0.2, 0.25) is 0 Å². The van der Waals surface area contributed by atoms with Crippen LogP contribution in [0.2, 0.25) is 0 Å². The van der Waals surface area contributed by atoms with Gasteiger partial charge in [-0.3, -0.25) is 29.5 Å². The predicted molar refractivity (Wildman–Crippen MR) is 432 cm³/mol. The van der Waals surface area contributed by atoms with Crippen LogP contribution in [-0.4, -0.2) is 53.6 Å². The Bertz CT molecular complexity index is 4580. The fraction of sp³-hybridized carbons (Fsp3) is 0.0118. The molecule has 0 amide bonds. The molecule has 0 aliphatic heterocycles. The number of halogens is 4. The van der Waals surface area contributed by atoms with Crippen molar-refractivity contribution in [2.75, 3.05) is 27.5 Å². The predicted octanol–water partition coefficient (Wildman–Crippen LogP) is 15.7. The van der Waals surface area contributed by atoms with Crippen molar-refractivity contribution in [1.29, 1.82) is 0 Å². The molecule has 107 heavy (non-hydrogen) atoms. The molecule has 15 nitrogen and oxygen atoms in total. The minimum absolute atomic E-state index is 0. The molecule has 526 valence electrons. The quantitative estimate of drug-likeness (QED) is 0.0198. The van der Waals surface area contributed by atoms with Crippen LogP contribution in [-0.2, 0) is 30.7 Å². The van der Waals surface area contributed by atoms with E-state index in [2.05, 4.69) is 154 Å². The first-order valence-corrected chi connectivity index (χ1v) is 35.3. The Labute approximate surface area is 758 Å². The van der Waals surface area contributed by atoms with E-state index in [-0.39, 0.29) is 132 Å². The van der Waals surface area contributed by atoms with Gasteiger partial charge in [-0.1, -0.05) is 188 Å². The smallest absolute Gasteiger partial charge is 1.00 e. The first kappa shape index (κ1) is 88.2. The van der Waals surface area contributed by atoms with Crippen LogP contribution in [0, 0.1) is 12.1 Å². The van der Waals surface area contributed by atoms with Gasteiger partial charge in [-0.25, -0.2) is 24.9 Å². The van der Waals surface area contributed by atoms with E-state index in [1.165, 1.54) is 0 Å². The second-order valence-corrected chi connectivity index (χ2v) is 24.6. The molecule has 0 fully saturated rings. The number of rotatable bonds is 14. The van der Waals surface area contributed by atoms with Crippen LogP contribution in [0.15, 0.2) is 376 Å². The standard InChI is InChI=1S/C28H21N3.C28H19N3.C16H11Br2N3.C6H7N.C5H3Br2N.CH2O3.CH4O.2K.Pt.H/c2*1-4-12-22(13-5-1)25-18-10-20-27(29-25)31(24-16-8-3-9-17-24)28-21-11-19-26(30-28)23-14-6-2-7-15-23;17-13-8-4-10-15(19-13)21(12-6-2-1-3-7-12)16-11-5-9-14(18)20-16;7-6-4-2-1-3-5-6;6-4-2-1-3-5(7)8-4;2-1-4-3;1-2;;;;/h1-21H;1-12,14,16-21H;1-11H;1-5H,7H2;1-3H;1,3H;2H,1H3;;;;/q;-2;;;;;;2*+1;+2;-1/p-1. The Kier molecular flexibility index (Phi) is 40.7.